The molecule has 2 rings (SSSR count). The Labute approximate surface area is 106 Å². The van der Waals surface area contributed by atoms with E-state index in [4.69, 9.17) is 0 Å². The Hall–Kier alpha value is -0.500. The molecule has 0 amide bonds. The highest BCUT2D eigenvalue weighted by atomic mass is 14.9. The summed E-state index contributed by atoms with van der Waals surface area (Å²) in [5.41, 5.74) is 3.16. The Bertz CT molecular complexity index is 244. The van der Waals surface area contributed by atoms with Gasteiger partial charge in [-0.05, 0) is 64.8 Å². The van der Waals surface area contributed by atoms with Gasteiger partial charge in [-0.1, -0.05) is 12.0 Å². The number of piperidine rings is 2. The highest BCUT2D eigenvalue weighted by Gasteiger charge is 2.12. The van der Waals surface area contributed by atoms with Crippen LogP contribution >= 0.6 is 0 Å². The van der Waals surface area contributed by atoms with Gasteiger partial charge in [0.25, 0.3) is 0 Å². The molecule has 17 heavy (non-hydrogen) atoms. The lowest BCUT2D eigenvalue weighted by Crippen LogP contribution is -2.33. The van der Waals surface area contributed by atoms with Gasteiger partial charge in [-0.3, -0.25) is 0 Å². The summed E-state index contributed by atoms with van der Waals surface area (Å²) in [5.74, 6) is 0. The van der Waals surface area contributed by atoms with Crippen molar-refractivity contribution in [1.82, 2.24) is 10.6 Å². The maximum atomic E-state index is 3.64. The van der Waals surface area contributed by atoms with Crippen LogP contribution in [0.5, 0.6) is 0 Å². The summed E-state index contributed by atoms with van der Waals surface area (Å²) in [4.78, 5) is 0. The lowest BCUT2D eigenvalue weighted by molar-refractivity contribution is 0.375. The first kappa shape index (κ1) is 12.9. The zero-order valence-electron chi connectivity index (χ0n) is 11.4. The molecule has 0 radical (unpaired) electrons. The smallest absolute Gasteiger partial charge is 0.0144 e. The summed E-state index contributed by atoms with van der Waals surface area (Å²) in [6.45, 7) is 4.76. The average molecular weight is 236 g/mol. The van der Waals surface area contributed by atoms with E-state index in [1.807, 2.05) is 0 Å². The van der Waals surface area contributed by atoms with Crippen LogP contribution in [-0.4, -0.2) is 19.1 Å². The van der Waals surface area contributed by atoms with Crippen LogP contribution in [0, 0.1) is 0 Å². The fourth-order valence-corrected chi connectivity index (χ4v) is 3.05. The molecular formula is C15H28N2. The summed E-state index contributed by atoms with van der Waals surface area (Å²) in [6, 6.07) is 0.806. The van der Waals surface area contributed by atoms with Gasteiger partial charge in [0.1, 0.15) is 0 Å². The first-order chi connectivity index (χ1) is 8.36. The Morgan fingerprint density at radius 3 is 2.76 bits per heavy atom. The van der Waals surface area contributed by atoms with Crippen molar-refractivity contribution in [3.63, 3.8) is 0 Å². The van der Waals surface area contributed by atoms with Crippen LogP contribution in [0.2, 0.25) is 0 Å². The molecule has 1 atom stereocenters. The normalized spacial score (nSPS) is 28.6. The summed E-state index contributed by atoms with van der Waals surface area (Å²) in [5, 5.41) is 7.21. The summed E-state index contributed by atoms with van der Waals surface area (Å²) in [6.07, 6.45) is 12.2. The van der Waals surface area contributed by atoms with Crippen LogP contribution in [0.4, 0.5) is 0 Å². The predicted octanol–water partition coefficient (Wildman–Crippen LogP) is 3.35. The third-order valence-corrected chi connectivity index (χ3v) is 4.22. The zero-order valence-corrected chi connectivity index (χ0v) is 11.4. The largest absolute Gasteiger partial charge is 0.388 e. The van der Waals surface area contributed by atoms with Crippen LogP contribution in [0.1, 0.15) is 64.7 Å². The predicted molar refractivity (Wildman–Crippen MR) is 74.0 cm³/mol. The first-order valence-electron chi connectivity index (χ1n) is 7.52. The molecule has 2 N–H and O–H groups in total. The van der Waals surface area contributed by atoms with Crippen molar-refractivity contribution >= 4 is 0 Å². The van der Waals surface area contributed by atoms with Gasteiger partial charge in [0.05, 0.1) is 0 Å². The van der Waals surface area contributed by atoms with Gasteiger partial charge in [-0.2, -0.15) is 0 Å². The minimum Gasteiger partial charge on any atom is -0.388 e. The first-order valence-corrected chi connectivity index (χ1v) is 7.52. The van der Waals surface area contributed by atoms with Crippen molar-refractivity contribution in [3.05, 3.63) is 11.3 Å². The Balaban J connectivity index is 1.66. The molecular weight excluding hydrogens is 208 g/mol. The SMILES string of the molecule is C/C(CCCC1CCCCN1)=C1\CCCCN1. The van der Waals surface area contributed by atoms with Gasteiger partial charge in [0, 0.05) is 18.3 Å². The van der Waals surface area contributed by atoms with E-state index >= 15 is 0 Å². The monoisotopic (exact) mass is 236 g/mol. The van der Waals surface area contributed by atoms with E-state index in [9.17, 15) is 0 Å². The molecule has 2 heteroatoms. The second-order valence-electron chi connectivity index (χ2n) is 5.68. The van der Waals surface area contributed by atoms with E-state index in [-0.39, 0.29) is 0 Å². The van der Waals surface area contributed by atoms with E-state index in [0.29, 0.717) is 0 Å². The van der Waals surface area contributed by atoms with Crippen LogP contribution < -0.4 is 10.6 Å². The molecule has 2 heterocycles. The van der Waals surface area contributed by atoms with Crippen molar-refractivity contribution in [2.45, 2.75) is 70.8 Å². The van der Waals surface area contributed by atoms with Crippen LogP contribution in [0.3, 0.4) is 0 Å². The summed E-state index contributed by atoms with van der Waals surface area (Å²) < 4.78 is 0. The lowest BCUT2D eigenvalue weighted by Gasteiger charge is -2.24. The maximum Gasteiger partial charge on any atom is 0.0144 e. The Morgan fingerprint density at radius 1 is 1.18 bits per heavy atom. The second-order valence-corrected chi connectivity index (χ2v) is 5.68. The van der Waals surface area contributed by atoms with E-state index in [2.05, 4.69) is 17.6 Å². The molecule has 2 fully saturated rings. The van der Waals surface area contributed by atoms with Crippen LogP contribution in [-0.2, 0) is 0 Å². The van der Waals surface area contributed by atoms with Crippen molar-refractivity contribution in [1.29, 1.82) is 0 Å². The van der Waals surface area contributed by atoms with Crippen molar-refractivity contribution in [3.8, 4) is 0 Å². The Morgan fingerprint density at radius 2 is 2.06 bits per heavy atom. The van der Waals surface area contributed by atoms with Crippen molar-refractivity contribution < 1.29 is 0 Å². The van der Waals surface area contributed by atoms with E-state index in [1.54, 1.807) is 11.3 Å². The average Bonchev–Trinajstić information content (AvgIpc) is 2.41. The molecule has 0 spiro atoms. The molecule has 98 valence electrons. The molecule has 0 aromatic rings. The molecule has 0 bridgehead atoms. The maximum absolute atomic E-state index is 3.64. The Kier molecular flexibility index (Phi) is 5.37. The van der Waals surface area contributed by atoms with Crippen molar-refractivity contribution in [2.24, 2.45) is 0 Å². The molecule has 2 aliphatic rings. The molecule has 1 unspecified atom stereocenters. The molecule has 0 aliphatic carbocycles. The third-order valence-electron chi connectivity index (χ3n) is 4.22. The second kappa shape index (κ2) is 7.05. The van der Waals surface area contributed by atoms with Crippen LogP contribution in [0.25, 0.3) is 0 Å². The van der Waals surface area contributed by atoms with Gasteiger partial charge in [-0.15, -0.1) is 0 Å². The summed E-state index contributed by atoms with van der Waals surface area (Å²) in [7, 11) is 0. The van der Waals surface area contributed by atoms with Gasteiger partial charge in [0.15, 0.2) is 0 Å². The molecule has 0 saturated carbocycles. The number of nitrogens with one attached hydrogen (secondary N) is 2. The number of hydrogen-bond acceptors (Lipinski definition) is 2. The molecule has 0 aromatic carbocycles. The number of allylic oxidation sites excluding steroid dienone is 2. The molecule has 2 aliphatic heterocycles. The van der Waals surface area contributed by atoms with E-state index in [0.717, 1.165) is 6.04 Å². The number of hydrogen-bond donors (Lipinski definition) is 2. The van der Waals surface area contributed by atoms with E-state index < -0.39 is 0 Å². The third kappa shape index (κ3) is 4.34. The van der Waals surface area contributed by atoms with Gasteiger partial charge in [0.2, 0.25) is 0 Å². The molecule has 2 nitrogen and oxygen atoms in total. The summed E-state index contributed by atoms with van der Waals surface area (Å²) >= 11 is 0. The van der Waals surface area contributed by atoms with Gasteiger partial charge < -0.3 is 10.6 Å². The van der Waals surface area contributed by atoms with Gasteiger partial charge in [-0.25, -0.2) is 0 Å². The lowest BCUT2D eigenvalue weighted by atomic mass is 9.96. The minimum absolute atomic E-state index is 0.806. The minimum atomic E-state index is 0.806. The highest BCUT2D eigenvalue weighted by Crippen LogP contribution is 2.20. The van der Waals surface area contributed by atoms with Crippen LogP contribution in [0.15, 0.2) is 11.3 Å². The number of rotatable bonds is 4. The zero-order chi connectivity index (χ0) is 11.9. The fourth-order valence-electron chi connectivity index (χ4n) is 3.05. The van der Waals surface area contributed by atoms with Gasteiger partial charge >= 0.3 is 0 Å². The topological polar surface area (TPSA) is 24.1 Å². The molecule has 0 aromatic heterocycles. The standard InChI is InChI=1S/C15H28N2/c1-13(15-10-3-5-12-17-15)7-6-9-14-8-2-4-11-16-14/h14,16-17H,2-12H2,1H3/b15-13-. The quantitative estimate of drug-likeness (QED) is 0.782. The van der Waals surface area contributed by atoms with Crippen molar-refractivity contribution in [2.75, 3.05) is 13.1 Å². The highest BCUT2D eigenvalue weighted by molar-refractivity contribution is 5.11. The fraction of sp³-hybridized carbons (Fsp3) is 0.867. The van der Waals surface area contributed by atoms with E-state index in [1.165, 1.54) is 70.9 Å². The molecule has 2 saturated heterocycles.